The van der Waals surface area contributed by atoms with Crippen LogP contribution in [0.2, 0.25) is 5.02 Å². The molecule has 0 radical (unpaired) electrons. The summed E-state index contributed by atoms with van der Waals surface area (Å²) >= 11 is 7.49. The molecule has 32 heavy (non-hydrogen) atoms. The van der Waals surface area contributed by atoms with Crippen molar-refractivity contribution in [3.63, 3.8) is 0 Å². The highest BCUT2D eigenvalue weighted by atomic mass is 35.5. The van der Waals surface area contributed by atoms with Gasteiger partial charge in [0.2, 0.25) is 5.95 Å². The fourth-order valence-electron chi connectivity index (χ4n) is 3.19. The molecule has 0 spiro atoms. The molecule has 2 aromatic carbocycles. The predicted octanol–water partition coefficient (Wildman–Crippen LogP) is 5.20. The van der Waals surface area contributed by atoms with Crippen molar-refractivity contribution in [1.82, 2.24) is 19.9 Å². The molecule has 4 aromatic rings. The monoisotopic (exact) mass is 471 g/mol. The average molecular weight is 472 g/mol. The minimum Gasteiger partial charge on any atom is -0.494 e. The summed E-state index contributed by atoms with van der Waals surface area (Å²) in [6, 6.07) is 15.2. The number of hydrogen-bond donors (Lipinski definition) is 1. The van der Waals surface area contributed by atoms with Gasteiger partial charge in [-0.15, -0.1) is 10.2 Å². The first-order chi connectivity index (χ1) is 15.6. The zero-order valence-corrected chi connectivity index (χ0v) is 19.4. The zero-order valence-electron chi connectivity index (χ0n) is 17.8. The van der Waals surface area contributed by atoms with Crippen LogP contribution in [-0.2, 0) is 6.42 Å². The van der Waals surface area contributed by atoms with Gasteiger partial charge < -0.3 is 14.0 Å². The summed E-state index contributed by atoms with van der Waals surface area (Å²) in [7, 11) is 3.22. The molecule has 2 heterocycles. The van der Waals surface area contributed by atoms with Gasteiger partial charge in [-0.1, -0.05) is 35.0 Å². The van der Waals surface area contributed by atoms with Crippen molar-refractivity contribution in [3.8, 4) is 28.7 Å². The van der Waals surface area contributed by atoms with Crippen LogP contribution in [0.15, 0.2) is 53.1 Å². The molecular weight excluding hydrogens is 450 g/mol. The van der Waals surface area contributed by atoms with E-state index in [1.54, 1.807) is 20.3 Å². The van der Waals surface area contributed by atoms with E-state index in [2.05, 4.69) is 20.1 Å². The molecule has 0 aliphatic carbocycles. The molecule has 0 aliphatic rings. The number of aromatic nitrogens is 4. The van der Waals surface area contributed by atoms with Gasteiger partial charge in [-0.3, -0.25) is 9.29 Å². The van der Waals surface area contributed by atoms with Crippen molar-refractivity contribution < 1.29 is 14.0 Å². The van der Waals surface area contributed by atoms with E-state index in [4.69, 9.17) is 25.6 Å². The Morgan fingerprint density at radius 1 is 1.06 bits per heavy atom. The van der Waals surface area contributed by atoms with E-state index in [0.717, 1.165) is 17.2 Å². The van der Waals surface area contributed by atoms with Gasteiger partial charge in [0.1, 0.15) is 22.9 Å². The van der Waals surface area contributed by atoms with Crippen LogP contribution < -0.4 is 14.2 Å². The second-order valence-electron chi connectivity index (χ2n) is 6.84. The summed E-state index contributed by atoms with van der Waals surface area (Å²) in [5, 5.41) is 13.6. The lowest BCUT2D eigenvalue weighted by Gasteiger charge is -2.16. The first-order valence-corrected chi connectivity index (χ1v) is 11.2. The molecule has 4 rings (SSSR count). The Balaban J connectivity index is 1.65. The van der Waals surface area contributed by atoms with E-state index in [1.165, 1.54) is 17.5 Å². The number of hydrogen-bond acceptors (Lipinski definition) is 8. The summed E-state index contributed by atoms with van der Waals surface area (Å²) in [5.41, 5.74) is 2.43. The van der Waals surface area contributed by atoms with E-state index in [9.17, 15) is 0 Å². The molecule has 166 valence electrons. The van der Waals surface area contributed by atoms with Gasteiger partial charge in [-0.2, -0.15) is 0 Å². The normalized spacial score (nSPS) is 10.9. The highest BCUT2D eigenvalue weighted by Gasteiger charge is 2.24. The third-order valence-electron chi connectivity index (χ3n) is 4.72. The smallest absolute Gasteiger partial charge is 0.239 e. The first kappa shape index (κ1) is 22.0. The summed E-state index contributed by atoms with van der Waals surface area (Å²) in [6.45, 7) is 1.83. The third-order valence-corrected chi connectivity index (χ3v) is 5.70. The number of ether oxygens (including phenoxy) is 2. The molecule has 1 N–H and O–H groups in total. The van der Waals surface area contributed by atoms with Crippen molar-refractivity contribution in [1.29, 1.82) is 0 Å². The topological polar surface area (TPSA) is 87.2 Å². The third kappa shape index (κ3) is 4.68. The van der Waals surface area contributed by atoms with Crippen LogP contribution in [0.3, 0.4) is 0 Å². The number of nitrogens with zero attached hydrogens (tertiary/aromatic N) is 4. The Labute approximate surface area is 195 Å². The van der Waals surface area contributed by atoms with Gasteiger partial charge in [-0.25, -0.2) is 0 Å². The number of para-hydroxylation sites is 1. The number of aryl methyl sites for hydroxylation is 2. The highest BCUT2D eigenvalue weighted by molar-refractivity contribution is 8.00. The van der Waals surface area contributed by atoms with Crippen molar-refractivity contribution in [2.75, 3.05) is 24.7 Å². The first-order valence-electron chi connectivity index (χ1n) is 9.83. The van der Waals surface area contributed by atoms with Crippen LogP contribution in [0.4, 0.5) is 5.95 Å². The fourth-order valence-corrected chi connectivity index (χ4v) is 4.01. The van der Waals surface area contributed by atoms with Crippen LogP contribution in [0.25, 0.3) is 17.2 Å². The van der Waals surface area contributed by atoms with Gasteiger partial charge in [0.15, 0.2) is 11.5 Å². The Morgan fingerprint density at radius 3 is 2.41 bits per heavy atom. The molecule has 10 heteroatoms. The van der Waals surface area contributed by atoms with Crippen LogP contribution >= 0.6 is 23.5 Å². The fraction of sp³-hybridized carbons (Fsp3) is 0.227. The average Bonchev–Trinajstić information content (AvgIpc) is 3.43. The second kappa shape index (κ2) is 9.97. The van der Waals surface area contributed by atoms with Crippen LogP contribution in [0, 0.1) is 6.92 Å². The van der Waals surface area contributed by atoms with Gasteiger partial charge in [0.25, 0.3) is 0 Å². The summed E-state index contributed by atoms with van der Waals surface area (Å²) in [6.07, 6.45) is 0.871. The molecule has 0 unspecified atom stereocenters. The maximum absolute atomic E-state index is 5.96. The van der Waals surface area contributed by atoms with E-state index in [0.29, 0.717) is 40.4 Å². The molecule has 0 atom stereocenters. The summed E-state index contributed by atoms with van der Waals surface area (Å²) in [5.74, 6) is 3.73. The van der Waals surface area contributed by atoms with Crippen LogP contribution in [0.1, 0.15) is 11.3 Å². The molecular formula is C22H22ClN5O3S. The lowest BCUT2D eigenvalue weighted by Crippen LogP contribution is -2.07. The largest absolute Gasteiger partial charge is 0.494 e. The van der Waals surface area contributed by atoms with Crippen LogP contribution in [-0.4, -0.2) is 39.9 Å². The highest BCUT2D eigenvalue weighted by Crippen LogP contribution is 2.37. The van der Waals surface area contributed by atoms with E-state index in [1.807, 2.05) is 54.0 Å². The maximum atomic E-state index is 5.96. The number of halogens is 1. The van der Waals surface area contributed by atoms with Gasteiger partial charge in [0, 0.05) is 16.8 Å². The van der Waals surface area contributed by atoms with Crippen molar-refractivity contribution in [3.05, 3.63) is 64.9 Å². The predicted molar refractivity (Wildman–Crippen MR) is 126 cm³/mol. The van der Waals surface area contributed by atoms with E-state index < -0.39 is 0 Å². The van der Waals surface area contributed by atoms with Crippen LogP contribution in [0.5, 0.6) is 11.5 Å². The Morgan fingerprint density at radius 2 is 1.78 bits per heavy atom. The number of nitrogens with one attached hydrogen (secondary N) is 1. The molecule has 0 bridgehead atoms. The van der Waals surface area contributed by atoms with Gasteiger partial charge in [0.05, 0.1) is 14.2 Å². The molecule has 0 aliphatic heterocycles. The molecule has 0 saturated heterocycles. The molecule has 0 saturated carbocycles. The van der Waals surface area contributed by atoms with E-state index >= 15 is 0 Å². The number of rotatable bonds is 9. The second-order valence-corrected chi connectivity index (χ2v) is 8.18. The molecule has 8 nitrogen and oxygen atoms in total. The Hall–Kier alpha value is -3.17. The van der Waals surface area contributed by atoms with Crippen molar-refractivity contribution >= 4 is 29.5 Å². The number of methoxy groups -OCH3 is 2. The minimum absolute atomic E-state index is 0.505. The minimum atomic E-state index is 0.505. The van der Waals surface area contributed by atoms with Crippen molar-refractivity contribution in [2.45, 2.75) is 13.3 Å². The van der Waals surface area contributed by atoms with Gasteiger partial charge in [-0.05, 0) is 55.1 Å². The van der Waals surface area contributed by atoms with Crippen molar-refractivity contribution in [2.24, 2.45) is 0 Å². The maximum Gasteiger partial charge on any atom is 0.239 e. The number of anilines is 1. The Bertz CT molecular complexity index is 1170. The van der Waals surface area contributed by atoms with E-state index in [-0.39, 0.29) is 0 Å². The lowest BCUT2D eigenvalue weighted by molar-refractivity contribution is 0.390. The van der Waals surface area contributed by atoms with Gasteiger partial charge >= 0.3 is 0 Å². The molecule has 0 fully saturated rings. The molecule has 0 amide bonds. The quantitative estimate of drug-likeness (QED) is 0.263. The zero-order chi connectivity index (χ0) is 22.5. The summed E-state index contributed by atoms with van der Waals surface area (Å²) in [4.78, 5) is 0. The SMILES string of the molecule is COc1cccc(OC)c1-n1c(NSCCc2ccc(Cl)cc2)nnc1-c1cc(C)on1. The molecule has 2 aromatic heterocycles. The lowest BCUT2D eigenvalue weighted by atomic mass is 10.2. The Kier molecular flexibility index (Phi) is 6.87. The summed E-state index contributed by atoms with van der Waals surface area (Å²) < 4.78 is 21.6. The number of benzene rings is 2. The standard InChI is InChI=1S/C22H22ClN5O3S/c1-14-13-17(26-31-14)21-24-25-22(27-32-12-11-15-7-9-16(23)10-8-15)28(21)20-18(29-2)5-4-6-19(20)30-3/h4-10,13H,11-12H2,1-3H3,(H,25,27).